The van der Waals surface area contributed by atoms with E-state index in [0.29, 0.717) is 17.5 Å². The van der Waals surface area contributed by atoms with E-state index in [1.165, 1.54) is 26.5 Å². The molecule has 0 saturated heterocycles. The zero-order valence-electron chi connectivity index (χ0n) is 40.6. The maximum absolute atomic E-state index is 6.87. The van der Waals surface area contributed by atoms with Crippen molar-refractivity contribution in [3.63, 3.8) is 0 Å². The summed E-state index contributed by atoms with van der Waals surface area (Å²) in [6.45, 7) is 0. The fourth-order valence-electron chi connectivity index (χ4n) is 11.6. The van der Waals surface area contributed by atoms with Crippen LogP contribution in [0.5, 0.6) is 0 Å². The van der Waals surface area contributed by atoms with Crippen LogP contribution in [0.15, 0.2) is 251 Å². The largest absolute Gasteiger partial charge is 0.455 e. The van der Waals surface area contributed by atoms with Crippen LogP contribution >= 0.6 is 11.3 Å². The van der Waals surface area contributed by atoms with Crippen molar-refractivity contribution >= 4 is 97.2 Å². The van der Waals surface area contributed by atoms with Crippen LogP contribution in [-0.2, 0) is 0 Å². The Balaban J connectivity index is 0.797. The Bertz CT molecular complexity index is 4990. The number of rotatable bonds is 7. The van der Waals surface area contributed by atoms with E-state index in [2.05, 4.69) is 217 Å². The Kier molecular flexibility index (Phi) is 9.40. The summed E-state index contributed by atoms with van der Waals surface area (Å²) >= 11 is 1.79. The summed E-state index contributed by atoms with van der Waals surface area (Å²) in [4.78, 5) is 15.6. The fraction of sp³-hybridized carbons (Fsp3) is 0. The van der Waals surface area contributed by atoms with E-state index < -0.39 is 0 Å². The molecule has 0 aliphatic carbocycles. The first kappa shape index (κ1) is 42.5. The number of fused-ring (bicyclic) bond motifs is 12. The Morgan fingerprint density at radius 1 is 0.316 bits per heavy atom. The highest BCUT2D eigenvalue weighted by molar-refractivity contribution is 7.26. The summed E-state index contributed by atoms with van der Waals surface area (Å²) < 4.78 is 18.0. The standard InChI is InChI=1S/C69H40N4O2S/c1-3-15-42(16-4-1)67-70-68(43-33-31-41(32-34-43)47-21-11-22-50-49-20-8-10-29-60(49)74-64(47)50)72-69(71-67)55-27-14-30-62-63(55)54-26-13-25-53(66(54)76-62)51-23-12-24-52-57-40-45(36-38-61(57)75-65(51)52)44-35-37-59-56(39-44)48-19-7-9-28-58(48)73(59)46-17-5-2-6-18-46/h1-40H. The summed E-state index contributed by atoms with van der Waals surface area (Å²) in [7, 11) is 0. The van der Waals surface area contributed by atoms with Crippen LogP contribution in [0.2, 0.25) is 0 Å². The lowest BCUT2D eigenvalue weighted by Gasteiger charge is -2.10. The molecule has 16 rings (SSSR count). The summed E-state index contributed by atoms with van der Waals surface area (Å²) in [6, 6.07) is 85.5. The third-order valence-corrected chi connectivity index (χ3v) is 16.3. The van der Waals surface area contributed by atoms with Crippen LogP contribution in [0.3, 0.4) is 0 Å². The zero-order chi connectivity index (χ0) is 49.8. The molecular weight excluding hydrogens is 949 g/mol. The lowest BCUT2D eigenvalue weighted by Crippen LogP contribution is -2.00. The van der Waals surface area contributed by atoms with Gasteiger partial charge in [-0.05, 0) is 71.3 Å². The zero-order valence-corrected chi connectivity index (χ0v) is 41.4. The van der Waals surface area contributed by atoms with E-state index in [1.54, 1.807) is 11.3 Å². The van der Waals surface area contributed by atoms with Crippen molar-refractivity contribution in [3.05, 3.63) is 243 Å². The first-order valence-electron chi connectivity index (χ1n) is 25.5. The smallest absolute Gasteiger partial charge is 0.164 e. The minimum Gasteiger partial charge on any atom is -0.455 e. The van der Waals surface area contributed by atoms with E-state index in [9.17, 15) is 0 Å². The molecular formula is C69H40N4O2S. The van der Waals surface area contributed by atoms with Crippen molar-refractivity contribution in [1.82, 2.24) is 19.5 Å². The topological polar surface area (TPSA) is 69.9 Å². The summed E-state index contributed by atoms with van der Waals surface area (Å²) in [5, 5.41) is 9.09. The molecule has 5 aromatic heterocycles. The van der Waals surface area contributed by atoms with Crippen molar-refractivity contribution in [3.8, 4) is 73.2 Å². The molecule has 76 heavy (non-hydrogen) atoms. The van der Waals surface area contributed by atoms with Gasteiger partial charge in [-0.25, -0.2) is 15.0 Å². The summed E-state index contributed by atoms with van der Waals surface area (Å²) in [6.07, 6.45) is 0. The molecule has 6 nitrogen and oxygen atoms in total. The molecule has 0 aliphatic heterocycles. The van der Waals surface area contributed by atoms with Crippen molar-refractivity contribution in [2.24, 2.45) is 0 Å². The lowest BCUT2D eigenvalue weighted by atomic mass is 9.98. The van der Waals surface area contributed by atoms with Gasteiger partial charge in [0.1, 0.15) is 22.3 Å². The molecule has 354 valence electrons. The van der Waals surface area contributed by atoms with E-state index >= 15 is 0 Å². The molecule has 0 fully saturated rings. The van der Waals surface area contributed by atoms with Crippen LogP contribution in [-0.4, -0.2) is 19.5 Å². The maximum Gasteiger partial charge on any atom is 0.164 e. The second-order valence-corrected chi connectivity index (χ2v) is 20.5. The molecule has 0 atom stereocenters. The second-order valence-electron chi connectivity index (χ2n) is 19.4. The maximum atomic E-state index is 6.87. The number of furan rings is 2. The number of hydrogen-bond donors (Lipinski definition) is 0. The van der Waals surface area contributed by atoms with Gasteiger partial charge in [0.25, 0.3) is 0 Å². The van der Waals surface area contributed by atoms with Gasteiger partial charge in [-0.1, -0.05) is 188 Å². The van der Waals surface area contributed by atoms with Gasteiger partial charge >= 0.3 is 0 Å². The molecule has 0 bridgehead atoms. The fourth-order valence-corrected chi connectivity index (χ4v) is 12.8. The molecule has 0 amide bonds. The second kappa shape index (κ2) is 16.8. The van der Waals surface area contributed by atoms with Crippen LogP contribution in [0, 0.1) is 0 Å². The van der Waals surface area contributed by atoms with Gasteiger partial charge in [-0.15, -0.1) is 11.3 Å². The third-order valence-electron chi connectivity index (χ3n) is 15.1. The first-order valence-corrected chi connectivity index (χ1v) is 26.3. The molecule has 11 aromatic carbocycles. The average Bonchev–Trinajstić information content (AvgIpc) is 4.30. The van der Waals surface area contributed by atoms with Crippen LogP contribution in [0.1, 0.15) is 0 Å². The molecule has 0 spiro atoms. The van der Waals surface area contributed by atoms with Crippen LogP contribution in [0.4, 0.5) is 0 Å². The Morgan fingerprint density at radius 3 is 1.64 bits per heavy atom. The highest BCUT2D eigenvalue weighted by atomic mass is 32.1. The van der Waals surface area contributed by atoms with Gasteiger partial charge < -0.3 is 13.4 Å². The van der Waals surface area contributed by atoms with Crippen LogP contribution in [0.25, 0.3) is 159 Å². The average molecular weight is 989 g/mol. The van der Waals surface area contributed by atoms with Crippen molar-refractivity contribution in [2.45, 2.75) is 0 Å². The molecule has 0 N–H and O–H groups in total. The Hall–Kier alpha value is -9.95. The molecule has 0 radical (unpaired) electrons. The van der Waals surface area contributed by atoms with Crippen molar-refractivity contribution < 1.29 is 8.83 Å². The van der Waals surface area contributed by atoms with Crippen molar-refractivity contribution in [1.29, 1.82) is 0 Å². The molecule has 0 aliphatic rings. The molecule has 7 heteroatoms. The number of nitrogens with zero attached hydrogens (tertiary/aromatic N) is 4. The molecule has 0 saturated carbocycles. The van der Waals surface area contributed by atoms with E-state index in [4.69, 9.17) is 23.8 Å². The minimum atomic E-state index is 0.602. The number of thiophene rings is 1. The quantitative estimate of drug-likeness (QED) is 0.159. The number of benzene rings is 11. The van der Waals surface area contributed by atoms with Crippen molar-refractivity contribution in [2.75, 3.05) is 0 Å². The Labute approximate surface area is 439 Å². The van der Waals surface area contributed by atoms with Gasteiger partial charge in [0.15, 0.2) is 17.5 Å². The minimum absolute atomic E-state index is 0.602. The van der Waals surface area contributed by atoms with Gasteiger partial charge in [0.05, 0.1) is 11.0 Å². The SMILES string of the molecule is c1ccc(-c2nc(-c3ccc(-c4cccc5c4oc4ccccc45)cc3)nc(-c3cccc4sc5c(-c6cccc7c6oc6ccc(-c8ccc9c(c8)c8ccccc8n9-c8ccccc8)cc67)cccc5c34)n2)cc1. The normalized spacial score (nSPS) is 11.9. The van der Waals surface area contributed by atoms with Gasteiger partial charge in [-0.2, -0.15) is 0 Å². The summed E-state index contributed by atoms with van der Waals surface area (Å²) in [5.74, 6) is 1.84. The van der Waals surface area contributed by atoms with Gasteiger partial charge in [-0.3, -0.25) is 0 Å². The van der Waals surface area contributed by atoms with Gasteiger partial charge in [0, 0.05) is 91.6 Å². The van der Waals surface area contributed by atoms with E-state index in [1.807, 2.05) is 30.3 Å². The predicted molar refractivity (Wildman–Crippen MR) is 314 cm³/mol. The monoisotopic (exact) mass is 988 g/mol. The summed E-state index contributed by atoms with van der Waals surface area (Å²) in [5.41, 5.74) is 16.4. The Morgan fingerprint density at radius 2 is 0.842 bits per heavy atom. The molecule has 5 heterocycles. The lowest BCUT2D eigenvalue weighted by molar-refractivity contribution is 0.669. The van der Waals surface area contributed by atoms with Crippen LogP contribution < -0.4 is 0 Å². The molecule has 0 unspecified atom stereocenters. The van der Waals surface area contributed by atoms with E-state index in [-0.39, 0.29) is 0 Å². The number of hydrogen-bond acceptors (Lipinski definition) is 6. The first-order chi connectivity index (χ1) is 37.7. The molecule has 16 aromatic rings. The third kappa shape index (κ3) is 6.62. The number of aromatic nitrogens is 4. The predicted octanol–water partition coefficient (Wildman–Crippen LogP) is 19.1. The highest BCUT2D eigenvalue weighted by Crippen LogP contribution is 2.47. The highest BCUT2D eigenvalue weighted by Gasteiger charge is 2.22. The number of para-hydroxylation sites is 5. The van der Waals surface area contributed by atoms with Gasteiger partial charge in [0.2, 0.25) is 0 Å². The van der Waals surface area contributed by atoms with E-state index in [0.717, 1.165) is 115 Å².